The van der Waals surface area contributed by atoms with Gasteiger partial charge in [-0.3, -0.25) is 4.79 Å². The van der Waals surface area contributed by atoms with Crippen molar-refractivity contribution in [1.82, 2.24) is 0 Å². The van der Waals surface area contributed by atoms with Gasteiger partial charge in [-0.05, 0) is 30.5 Å². The highest BCUT2D eigenvalue weighted by Crippen LogP contribution is 2.29. The Morgan fingerprint density at radius 3 is 2.71 bits per heavy atom. The highest BCUT2D eigenvalue weighted by atomic mass is 16.1. The molecular weight excluding hydrogens is 218 g/mol. The minimum Gasteiger partial charge on any atom is -0.371 e. The molecule has 1 saturated heterocycles. The largest absolute Gasteiger partial charge is 0.371 e. The first-order valence-electron chi connectivity index (χ1n) is 5.46. The molecule has 1 aromatic carbocycles. The summed E-state index contributed by atoms with van der Waals surface area (Å²) in [4.78, 5) is 16.2. The van der Waals surface area contributed by atoms with Crippen LogP contribution in [0.5, 0.6) is 0 Å². The molecule has 0 aliphatic carbocycles. The normalized spacial score (nSPS) is 14.5. The summed E-state index contributed by atoms with van der Waals surface area (Å²) in [6.45, 7) is 1.81. The standard InChI is InChI=1S/C11H13N5O/c12-11(17)9-4-3-8(14-15-13)7-10(9)16-5-1-2-6-16/h3-4,7H,1-2,5-6H2,(H2,12,17). The molecule has 0 radical (unpaired) electrons. The Morgan fingerprint density at radius 1 is 1.41 bits per heavy atom. The molecule has 2 rings (SSSR count). The number of rotatable bonds is 3. The second kappa shape index (κ2) is 4.76. The molecule has 1 aromatic rings. The monoisotopic (exact) mass is 231 g/mol. The first kappa shape index (κ1) is 11.3. The Bertz CT molecular complexity index is 487. The SMILES string of the molecule is [N-]=[N+]=Nc1ccc(C(N)=O)c(N2CCCC2)c1. The maximum absolute atomic E-state index is 11.3. The van der Waals surface area contributed by atoms with Crippen molar-refractivity contribution in [3.8, 4) is 0 Å². The van der Waals surface area contributed by atoms with E-state index in [9.17, 15) is 4.79 Å². The number of azide groups is 1. The average Bonchev–Trinajstić information content (AvgIpc) is 2.82. The topological polar surface area (TPSA) is 95.1 Å². The molecule has 1 aliphatic rings. The van der Waals surface area contributed by atoms with Crippen LogP contribution in [0.25, 0.3) is 10.4 Å². The number of benzene rings is 1. The molecule has 0 aromatic heterocycles. The van der Waals surface area contributed by atoms with Crippen molar-refractivity contribution in [3.63, 3.8) is 0 Å². The second-order valence-electron chi connectivity index (χ2n) is 3.95. The van der Waals surface area contributed by atoms with E-state index in [1.54, 1.807) is 18.2 Å². The molecule has 6 heteroatoms. The van der Waals surface area contributed by atoms with Crippen LogP contribution in [-0.4, -0.2) is 19.0 Å². The Labute approximate surface area is 98.6 Å². The molecule has 17 heavy (non-hydrogen) atoms. The van der Waals surface area contributed by atoms with E-state index in [0.29, 0.717) is 11.3 Å². The van der Waals surface area contributed by atoms with E-state index in [0.717, 1.165) is 31.6 Å². The summed E-state index contributed by atoms with van der Waals surface area (Å²) in [5, 5.41) is 3.54. The van der Waals surface area contributed by atoms with E-state index in [1.807, 2.05) is 0 Å². The minimum atomic E-state index is -0.459. The van der Waals surface area contributed by atoms with Crippen LogP contribution in [0.15, 0.2) is 23.3 Å². The number of anilines is 1. The number of amides is 1. The van der Waals surface area contributed by atoms with Crippen LogP contribution in [-0.2, 0) is 0 Å². The second-order valence-corrected chi connectivity index (χ2v) is 3.95. The van der Waals surface area contributed by atoms with Gasteiger partial charge in [-0.25, -0.2) is 0 Å². The smallest absolute Gasteiger partial charge is 0.250 e. The maximum atomic E-state index is 11.3. The average molecular weight is 231 g/mol. The summed E-state index contributed by atoms with van der Waals surface area (Å²) in [7, 11) is 0. The van der Waals surface area contributed by atoms with Gasteiger partial charge in [-0.15, -0.1) is 0 Å². The number of nitrogens with zero attached hydrogens (tertiary/aromatic N) is 4. The summed E-state index contributed by atoms with van der Waals surface area (Å²) >= 11 is 0. The summed E-state index contributed by atoms with van der Waals surface area (Å²) in [5.74, 6) is -0.459. The molecule has 1 amide bonds. The Morgan fingerprint density at radius 2 is 2.12 bits per heavy atom. The third kappa shape index (κ3) is 2.32. The third-order valence-corrected chi connectivity index (χ3v) is 2.85. The van der Waals surface area contributed by atoms with Gasteiger partial charge < -0.3 is 10.6 Å². The molecule has 0 unspecified atom stereocenters. The zero-order chi connectivity index (χ0) is 12.3. The zero-order valence-electron chi connectivity index (χ0n) is 9.33. The van der Waals surface area contributed by atoms with Crippen LogP contribution in [0.3, 0.4) is 0 Å². The summed E-state index contributed by atoms with van der Waals surface area (Å²) < 4.78 is 0. The quantitative estimate of drug-likeness (QED) is 0.491. The van der Waals surface area contributed by atoms with Crippen molar-refractivity contribution in [2.24, 2.45) is 10.8 Å². The van der Waals surface area contributed by atoms with Crippen molar-refractivity contribution in [2.75, 3.05) is 18.0 Å². The van der Waals surface area contributed by atoms with E-state index in [1.165, 1.54) is 0 Å². The number of nitrogens with two attached hydrogens (primary N) is 1. The summed E-state index contributed by atoms with van der Waals surface area (Å²) in [6, 6.07) is 4.92. The van der Waals surface area contributed by atoms with Crippen LogP contribution in [0.1, 0.15) is 23.2 Å². The van der Waals surface area contributed by atoms with E-state index in [2.05, 4.69) is 14.9 Å². The lowest BCUT2D eigenvalue weighted by Gasteiger charge is -2.20. The van der Waals surface area contributed by atoms with Crippen LogP contribution in [0.2, 0.25) is 0 Å². The Balaban J connectivity index is 2.46. The van der Waals surface area contributed by atoms with Gasteiger partial charge in [-0.1, -0.05) is 11.2 Å². The van der Waals surface area contributed by atoms with Crippen molar-refractivity contribution in [1.29, 1.82) is 0 Å². The zero-order valence-corrected chi connectivity index (χ0v) is 9.33. The fraction of sp³-hybridized carbons (Fsp3) is 0.364. The third-order valence-electron chi connectivity index (χ3n) is 2.85. The molecule has 0 saturated carbocycles. The first-order chi connectivity index (χ1) is 8.22. The summed E-state index contributed by atoms with van der Waals surface area (Å²) in [6.07, 6.45) is 2.20. The summed E-state index contributed by atoms with van der Waals surface area (Å²) in [5.41, 5.74) is 15.5. The number of carbonyl (C=O) groups is 1. The predicted octanol–water partition coefficient (Wildman–Crippen LogP) is 2.33. The van der Waals surface area contributed by atoms with Crippen molar-refractivity contribution in [2.45, 2.75) is 12.8 Å². The van der Waals surface area contributed by atoms with Crippen molar-refractivity contribution >= 4 is 17.3 Å². The fourth-order valence-corrected chi connectivity index (χ4v) is 2.06. The number of hydrogen-bond donors (Lipinski definition) is 1. The lowest BCUT2D eigenvalue weighted by molar-refractivity contribution is 0.100. The van der Waals surface area contributed by atoms with E-state index in [4.69, 9.17) is 11.3 Å². The van der Waals surface area contributed by atoms with Gasteiger partial charge in [0.25, 0.3) is 5.91 Å². The van der Waals surface area contributed by atoms with Gasteiger partial charge in [0.2, 0.25) is 0 Å². The Hall–Kier alpha value is -2.20. The fourth-order valence-electron chi connectivity index (χ4n) is 2.06. The Kier molecular flexibility index (Phi) is 3.16. The molecule has 0 spiro atoms. The van der Waals surface area contributed by atoms with Gasteiger partial charge in [0.05, 0.1) is 5.56 Å². The number of hydrogen-bond acceptors (Lipinski definition) is 3. The highest BCUT2D eigenvalue weighted by Gasteiger charge is 2.18. The molecule has 6 nitrogen and oxygen atoms in total. The first-order valence-corrected chi connectivity index (χ1v) is 5.46. The molecular formula is C11H13N5O. The van der Waals surface area contributed by atoms with E-state index < -0.39 is 5.91 Å². The van der Waals surface area contributed by atoms with Crippen LogP contribution < -0.4 is 10.6 Å². The minimum absolute atomic E-state index is 0.459. The number of primary amides is 1. The lowest BCUT2D eigenvalue weighted by atomic mass is 10.1. The van der Waals surface area contributed by atoms with Crippen LogP contribution >= 0.6 is 0 Å². The molecule has 1 heterocycles. The van der Waals surface area contributed by atoms with Gasteiger partial charge in [0, 0.05) is 29.4 Å². The van der Waals surface area contributed by atoms with Gasteiger partial charge in [0.15, 0.2) is 0 Å². The number of carbonyl (C=O) groups excluding carboxylic acids is 1. The molecule has 2 N–H and O–H groups in total. The predicted molar refractivity (Wildman–Crippen MR) is 65.2 cm³/mol. The van der Waals surface area contributed by atoms with Crippen LogP contribution in [0.4, 0.5) is 11.4 Å². The molecule has 0 atom stereocenters. The molecule has 0 bridgehead atoms. The highest BCUT2D eigenvalue weighted by molar-refractivity contribution is 5.99. The maximum Gasteiger partial charge on any atom is 0.250 e. The van der Waals surface area contributed by atoms with Gasteiger partial charge >= 0.3 is 0 Å². The lowest BCUT2D eigenvalue weighted by Crippen LogP contribution is -2.22. The van der Waals surface area contributed by atoms with E-state index >= 15 is 0 Å². The van der Waals surface area contributed by atoms with Gasteiger partial charge in [-0.2, -0.15) is 0 Å². The van der Waals surface area contributed by atoms with E-state index in [-0.39, 0.29) is 0 Å². The van der Waals surface area contributed by atoms with Gasteiger partial charge in [0.1, 0.15) is 0 Å². The molecule has 1 fully saturated rings. The van der Waals surface area contributed by atoms with Crippen LogP contribution in [0, 0.1) is 0 Å². The molecule has 1 aliphatic heterocycles. The van der Waals surface area contributed by atoms with Crippen molar-refractivity contribution < 1.29 is 4.79 Å². The van der Waals surface area contributed by atoms with Crippen molar-refractivity contribution in [3.05, 3.63) is 34.2 Å². The molecule has 88 valence electrons.